The van der Waals surface area contributed by atoms with Crippen LogP contribution in [-0.2, 0) is 0 Å². The molecule has 0 saturated carbocycles. The molecule has 1 saturated heterocycles. The Bertz CT molecular complexity index is 371. The average molecular weight is 289 g/mol. The number of hydrogen-bond donors (Lipinski definition) is 1. The SMILES string of the molecule is CCCCC(CC)CNC1CCN(c2ccncc2)CC1. The Kier molecular flexibility index (Phi) is 7.01. The molecule has 2 rings (SSSR count). The van der Waals surface area contributed by atoms with Gasteiger partial charge in [0.25, 0.3) is 0 Å². The molecule has 1 aliphatic rings. The summed E-state index contributed by atoms with van der Waals surface area (Å²) in [6, 6.07) is 4.94. The van der Waals surface area contributed by atoms with Crippen molar-refractivity contribution in [1.29, 1.82) is 0 Å². The number of aromatic nitrogens is 1. The molecule has 3 nitrogen and oxygen atoms in total. The van der Waals surface area contributed by atoms with Crippen LogP contribution in [0.2, 0.25) is 0 Å². The van der Waals surface area contributed by atoms with Crippen molar-refractivity contribution in [3.8, 4) is 0 Å². The van der Waals surface area contributed by atoms with Crippen molar-refractivity contribution in [3.05, 3.63) is 24.5 Å². The van der Waals surface area contributed by atoms with Crippen LogP contribution >= 0.6 is 0 Å². The van der Waals surface area contributed by atoms with E-state index in [0.717, 1.165) is 19.0 Å². The summed E-state index contributed by atoms with van der Waals surface area (Å²) in [6.45, 7) is 8.14. The topological polar surface area (TPSA) is 28.2 Å². The van der Waals surface area contributed by atoms with Gasteiger partial charge in [0.1, 0.15) is 0 Å². The summed E-state index contributed by atoms with van der Waals surface area (Å²) in [5, 5.41) is 3.81. The highest BCUT2D eigenvalue weighted by Gasteiger charge is 2.19. The first-order chi connectivity index (χ1) is 10.3. The Morgan fingerprint density at radius 3 is 2.57 bits per heavy atom. The van der Waals surface area contributed by atoms with Gasteiger partial charge >= 0.3 is 0 Å². The molecule has 0 aromatic carbocycles. The highest BCUT2D eigenvalue weighted by Crippen LogP contribution is 2.19. The monoisotopic (exact) mass is 289 g/mol. The molecule has 1 N–H and O–H groups in total. The third-order valence-electron chi connectivity index (χ3n) is 4.76. The average Bonchev–Trinajstić information content (AvgIpc) is 2.56. The summed E-state index contributed by atoms with van der Waals surface area (Å²) in [7, 11) is 0. The summed E-state index contributed by atoms with van der Waals surface area (Å²) in [5.74, 6) is 0.864. The molecule has 1 aliphatic heterocycles. The fraction of sp³-hybridized carbons (Fsp3) is 0.722. The zero-order chi connectivity index (χ0) is 14.9. The molecule has 0 spiro atoms. The van der Waals surface area contributed by atoms with E-state index in [2.05, 4.69) is 41.2 Å². The molecule has 1 atom stereocenters. The van der Waals surface area contributed by atoms with E-state index >= 15 is 0 Å². The molecular weight excluding hydrogens is 258 g/mol. The summed E-state index contributed by atoms with van der Waals surface area (Å²) < 4.78 is 0. The van der Waals surface area contributed by atoms with Gasteiger partial charge in [-0.05, 0) is 43.9 Å². The molecule has 1 unspecified atom stereocenters. The first-order valence-corrected chi connectivity index (χ1v) is 8.71. The van der Waals surface area contributed by atoms with E-state index in [1.165, 1.54) is 50.8 Å². The van der Waals surface area contributed by atoms with Crippen LogP contribution in [0.1, 0.15) is 52.4 Å². The molecular formula is C18H31N3. The van der Waals surface area contributed by atoms with Gasteiger partial charge in [-0.25, -0.2) is 0 Å². The van der Waals surface area contributed by atoms with E-state index in [1.54, 1.807) is 0 Å². The van der Waals surface area contributed by atoms with Gasteiger partial charge in [-0.15, -0.1) is 0 Å². The second kappa shape index (κ2) is 9.04. The number of nitrogens with zero attached hydrogens (tertiary/aromatic N) is 2. The predicted octanol–water partition coefficient (Wildman–Crippen LogP) is 3.86. The summed E-state index contributed by atoms with van der Waals surface area (Å²) in [6.07, 6.45) is 11.7. The first-order valence-electron chi connectivity index (χ1n) is 8.71. The number of pyridine rings is 1. The van der Waals surface area contributed by atoms with Gasteiger partial charge in [0.2, 0.25) is 0 Å². The molecule has 0 amide bonds. The number of rotatable bonds is 8. The van der Waals surface area contributed by atoms with Crippen LogP contribution in [0.4, 0.5) is 5.69 Å². The largest absolute Gasteiger partial charge is 0.371 e. The van der Waals surface area contributed by atoms with E-state index in [0.29, 0.717) is 6.04 Å². The van der Waals surface area contributed by atoms with Gasteiger partial charge in [-0.2, -0.15) is 0 Å². The third-order valence-corrected chi connectivity index (χ3v) is 4.76. The fourth-order valence-electron chi connectivity index (χ4n) is 3.17. The normalized spacial score (nSPS) is 17.9. The minimum Gasteiger partial charge on any atom is -0.371 e. The minimum atomic E-state index is 0.707. The van der Waals surface area contributed by atoms with E-state index in [1.807, 2.05) is 12.4 Å². The van der Waals surface area contributed by atoms with Gasteiger partial charge in [0.05, 0.1) is 0 Å². The van der Waals surface area contributed by atoms with Crippen molar-refractivity contribution < 1.29 is 0 Å². The smallest absolute Gasteiger partial charge is 0.0397 e. The molecule has 3 heteroatoms. The summed E-state index contributed by atoms with van der Waals surface area (Å²) >= 11 is 0. The van der Waals surface area contributed by atoms with Crippen molar-refractivity contribution in [2.75, 3.05) is 24.5 Å². The molecule has 0 aliphatic carbocycles. The van der Waals surface area contributed by atoms with Crippen LogP contribution in [0, 0.1) is 5.92 Å². The highest BCUT2D eigenvalue weighted by atomic mass is 15.1. The number of unbranched alkanes of at least 4 members (excludes halogenated alkanes) is 1. The van der Waals surface area contributed by atoms with Gasteiger partial charge in [0.15, 0.2) is 0 Å². The Balaban J connectivity index is 1.69. The van der Waals surface area contributed by atoms with Gasteiger partial charge in [-0.3, -0.25) is 4.98 Å². The lowest BCUT2D eigenvalue weighted by Crippen LogP contribution is -2.43. The van der Waals surface area contributed by atoms with Gasteiger partial charge in [0, 0.05) is 37.2 Å². The van der Waals surface area contributed by atoms with E-state index in [9.17, 15) is 0 Å². The van der Waals surface area contributed by atoms with Crippen LogP contribution in [0.5, 0.6) is 0 Å². The maximum Gasteiger partial charge on any atom is 0.0397 e. The Morgan fingerprint density at radius 2 is 1.95 bits per heavy atom. The second-order valence-electron chi connectivity index (χ2n) is 6.29. The summed E-state index contributed by atoms with van der Waals surface area (Å²) in [5.41, 5.74) is 1.32. The van der Waals surface area contributed by atoms with Gasteiger partial charge in [-0.1, -0.05) is 33.1 Å². The number of nitrogens with one attached hydrogen (secondary N) is 1. The number of piperidine rings is 1. The van der Waals surface area contributed by atoms with Crippen molar-refractivity contribution in [3.63, 3.8) is 0 Å². The number of anilines is 1. The minimum absolute atomic E-state index is 0.707. The first kappa shape index (κ1) is 16.3. The molecule has 1 aromatic rings. The Labute approximate surface area is 130 Å². The van der Waals surface area contributed by atoms with Crippen molar-refractivity contribution >= 4 is 5.69 Å². The lowest BCUT2D eigenvalue weighted by molar-refractivity contribution is 0.353. The summed E-state index contributed by atoms with van der Waals surface area (Å²) in [4.78, 5) is 6.58. The molecule has 0 radical (unpaired) electrons. The van der Waals surface area contributed by atoms with Crippen LogP contribution in [0.3, 0.4) is 0 Å². The molecule has 1 aromatic heterocycles. The fourth-order valence-corrected chi connectivity index (χ4v) is 3.17. The van der Waals surface area contributed by atoms with Crippen LogP contribution < -0.4 is 10.2 Å². The molecule has 1 fully saturated rings. The van der Waals surface area contributed by atoms with E-state index in [-0.39, 0.29) is 0 Å². The van der Waals surface area contributed by atoms with Crippen molar-refractivity contribution in [2.24, 2.45) is 5.92 Å². The molecule has 2 heterocycles. The van der Waals surface area contributed by atoms with Crippen molar-refractivity contribution in [2.45, 2.75) is 58.4 Å². The van der Waals surface area contributed by atoms with Crippen molar-refractivity contribution in [1.82, 2.24) is 10.3 Å². The van der Waals surface area contributed by atoms with Gasteiger partial charge < -0.3 is 10.2 Å². The van der Waals surface area contributed by atoms with Crippen LogP contribution in [0.15, 0.2) is 24.5 Å². The quantitative estimate of drug-likeness (QED) is 0.787. The Morgan fingerprint density at radius 1 is 1.24 bits per heavy atom. The number of hydrogen-bond acceptors (Lipinski definition) is 3. The zero-order valence-electron chi connectivity index (χ0n) is 13.7. The lowest BCUT2D eigenvalue weighted by atomic mass is 9.97. The second-order valence-corrected chi connectivity index (χ2v) is 6.29. The maximum absolute atomic E-state index is 4.10. The molecule has 0 bridgehead atoms. The molecule has 21 heavy (non-hydrogen) atoms. The molecule has 118 valence electrons. The standard InChI is InChI=1S/C18H31N3/c1-3-5-6-16(4-2)15-20-17-9-13-21(14-10-17)18-7-11-19-12-8-18/h7-8,11-12,16-17,20H,3-6,9-10,13-15H2,1-2H3. The highest BCUT2D eigenvalue weighted by molar-refractivity contribution is 5.44. The predicted molar refractivity (Wildman–Crippen MR) is 90.8 cm³/mol. The zero-order valence-corrected chi connectivity index (χ0v) is 13.7. The van der Waals surface area contributed by atoms with Crippen LogP contribution in [-0.4, -0.2) is 30.7 Å². The maximum atomic E-state index is 4.10. The Hall–Kier alpha value is -1.09. The van der Waals surface area contributed by atoms with Crippen LogP contribution in [0.25, 0.3) is 0 Å². The van der Waals surface area contributed by atoms with E-state index < -0.39 is 0 Å². The lowest BCUT2D eigenvalue weighted by Gasteiger charge is -2.34. The third kappa shape index (κ3) is 5.31. The van der Waals surface area contributed by atoms with E-state index in [4.69, 9.17) is 0 Å².